The highest BCUT2D eigenvalue weighted by molar-refractivity contribution is 6.34. The average Bonchev–Trinajstić information content (AvgIpc) is 3.43. The van der Waals surface area contributed by atoms with Crippen LogP contribution in [0.2, 0.25) is 5.02 Å². The summed E-state index contributed by atoms with van der Waals surface area (Å²) in [5.41, 5.74) is 3.61. The van der Waals surface area contributed by atoms with Gasteiger partial charge in [0.25, 0.3) is 5.91 Å². The zero-order valence-corrected chi connectivity index (χ0v) is 22.1. The van der Waals surface area contributed by atoms with Gasteiger partial charge in [-0.15, -0.1) is 4.59 Å². The number of anilines is 1. The minimum atomic E-state index is -0.916. The molecule has 3 N–H and O–H groups in total. The Labute approximate surface area is 221 Å². The maximum absolute atomic E-state index is 13.8. The molecule has 0 spiro atoms. The highest BCUT2D eigenvalue weighted by atomic mass is 35.5. The number of hydrogen-bond acceptors (Lipinski definition) is 6. The van der Waals surface area contributed by atoms with Crippen molar-refractivity contribution in [2.45, 2.75) is 71.1 Å². The molecule has 1 aliphatic carbocycles. The number of carbonyl (C=O) groups excluding carboxylic acids is 4. The van der Waals surface area contributed by atoms with Crippen LogP contribution in [0.25, 0.3) is 0 Å². The number of nitrogens with one attached hydrogen (secondary N) is 3. The van der Waals surface area contributed by atoms with Crippen LogP contribution in [0.5, 0.6) is 0 Å². The van der Waals surface area contributed by atoms with Gasteiger partial charge in [0, 0.05) is 31.6 Å². The molecule has 11 heteroatoms. The number of rotatable bonds is 6. The molecule has 0 aromatic heterocycles. The Bertz CT molecular complexity index is 1050. The summed E-state index contributed by atoms with van der Waals surface area (Å²) in [5, 5.41) is 5.62. The summed E-state index contributed by atoms with van der Waals surface area (Å²) in [5.74, 6) is -0.383. The molecule has 2 saturated heterocycles. The molecule has 4 amide bonds. The molecule has 2 aliphatic heterocycles. The van der Waals surface area contributed by atoms with Crippen molar-refractivity contribution >= 4 is 41.1 Å². The first-order valence-corrected chi connectivity index (χ1v) is 13.5. The third-order valence-corrected chi connectivity index (χ3v) is 7.91. The maximum atomic E-state index is 13.8. The van der Waals surface area contributed by atoms with E-state index in [1.165, 1.54) is 38.3 Å². The summed E-state index contributed by atoms with van der Waals surface area (Å²) < 4.78 is 10.6. The average molecular weight is 536 g/mol. The zero-order valence-electron chi connectivity index (χ0n) is 21.4. The van der Waals surface area contributed by atoms with E-state index in [1.54, 1.807) is 6.07 Å². The van der Waals surface area contributed by atoms with E-state index in [4.69, 9.17) is 21.1 Å². The van der Waals surface area contributed by atoms with Gasteiger partial charge in [-0.2, -0.15) is 5.43 Å². The lowest BCUT2D eigenvalue weighted by Gasteiger charge is -2.33. The van der Waals surface area contributed by atoms with Crippen molar-refractivity contribution in [1.29, 1.82) is 0 Å². The van der Waals surface area contributed by atoms with E-state index in [1.807, 2.05) is 6.92 Å². The van der Waals surface area contributed by atoms with Crippen molar-refractivity contribution in [1.82, 2.24) is 10.7 Å². The lowest BCUT2D eigenvalue weighted by atomic mass is 9.79. The van der Waals surface area contributed by atoms with Gasteiger partial charge in [0.05, 0.1) is 17.0 Å². The van der Waals surface area contributed by atoms with Crippen LogP contribution < -0.4 is 16.1 Å². The topological polar surface area (TPSA) is 123 Å². The Kier molecular flexibility index (Phi) is 8.71. The second-order valence-corrected chi connectivity index (χ2v) is 10.6. The van der Waals surface area contributed by atoms with Crippen LogP contribution in [0.3, 0.4) is 0 Å². The van der Waals surface area contributed by atoms with E-state index in [2.05, 4.69) is 16.1 Å². The second-order valence-electron chi connectivity index (χ2n) is 10.2. The van der Waals surface area contributed by atoms with E-state index in [9.17, 15) is 19.2 Å². The van der Waals surface area contributed by atoms with Crippen molar-refractivity contribution in [3.63, 3.8) is 0 Å². The molecule has 10 nitrogen and oxygen atoms in total. The van der Waals surface area contributed by atoms with Gasteiger partial charge < -0.3 is 14.8 Å². The molecular weight excluding hydrogens is 500 g/mol. The van der Waals surface area contributed by atoms with Crippen molar-refractivity contribution in [2.75, 3.05) is 25.0 Å². The van der Waals surface area contributed by atoms with Gasteiger partial charge >= 0.3 is 12.0 Å². The fourth-order valence-corrected chi connectivity index (χ4v) is 6.06. The first-order valence-electron chi connectivity index (χ1n) is 13.1. The van der Waals surface area contributed by atoms with Crippen LogP contribution in [0.15, 0.2) is 18.2 Å². The number of quaternary nitrogens is 1. The van der Waals surface area contributed by atoms with Crippen LogP contribution in [0.1, 0.15) is 69.2 Å². The lowest BCUT2D eigenvalue weighted by molar-refractivity contribution is -0.875. The molecule has 0 unspecified atom stereocenters. The summed E-state index contributed by atoms with van der Waals surface area (Å²) >= 11 is 6.38. The first-order chi connectivity index (χ1) is 17.7. The number of halogens is 1. The second kappa shape index (κ2) is 11.8. The largest absolute Gasteiger partial charge is 0.444 e. The molecule has 4 atom stereocenters. The number of ether oxygens (including phenoxy) is 2. The molecule has 3 aliphatic rings. The predicted octanol–water partition coefficient (Wildman–Crippen LogP) is 3.75. The number of esters is 1. The number of cyclic esters (lactones) is 1. The summed E-state index contributed by atoms with van der Waals surface area (Å²) in [6.45, 7) is 4.44. The first kappa shape index (κ1) is 27.3. The fraction of sp³-hybridized carbons (Fsp3) is 0.615. The maximum Gasteiger partial charge on any atom is 0.444 e. The Morgan fingerprint density at radius 1 is 1.14 bits per heavy atom. The minimum Gasteiger partial charge on any atom is -0.439 e. The van der Waals surface area contributed by atoms with Crippen molar-refractivity contribution in [3.8, 4) is 0 Å². The molecule has 1 aromatic carbocycles. The van der Waals surface area contributed by atoms with E-state index >= 15 is 0 Å². The third-order valence-electron chi connectivity index (χ3n) is 7.59. The highest BCUT2D eigenvalue weighted by Crippen LogP contribution is 2.37. The standard InChI is InChI=1S/C26H35ClN4O6/c1-3-36-22-14-23(33)37-25(22)29-26(35)31(12-11-18(15-31)17-7-5-4-6-8-17)30-24(34)20-10-9-19(13-21(20)27)28-16(2)32/h9-10,13,17-18,22,25H,3-8,11-12,14-15H2,1-2H3,(H2-,28,29,30,32,34,35)/p+1/t18-,22+,25-,31-/m1/s1. The van der Waals surface area contributed by atoms with E-state index < -0.39 is 30.2 Å². The van der Waals surface area contributed by atoms with Gasteiger partial charge in [0.2, 0.25) is 12.1 Å². The van der Waals surface area contributed by atoms with E-state index in [-0.39, 0.29) is 33.4 Å². The number of amides is 4. The molecule has 2 heterocycles. The Morgan fingerprint density at radius 2 is 1.89 bits per heavy atom. The van der Waals surface area contributed by atoms with Crippen molar-refractivity contribution in [3.05, 3.63) is 28.8 Å². The highest BCUT2D eigenvalue weighted by Gasteiger charge is 2.51. The molecule has 1 saturated carbocycles. The molecule has 0 bridgehead atoms. The summed E-state index contributed by atoms with van der Waals surface area (Å²) in [6, 6.07) is 4.17. The normalized spacial score (nSPS) is 28.0. The fourth-order valence-electron chi connectivity index (χ4n) is 5.80. The number of urea groups is 1. The zero-order chi connectivity index (χ0) is 26.6. The Balaban J connectivity index is 1.55. The number of benzene rings is 1. The van der Waals surface area contributed by atoms with Crippen molar-refractivity contribution in [2.24, 2.45) is 11.8 Å². The van der Waals surface area contributed by atoms with Crippen LogP contribution in [0, 0.1) is 11.8 Å². The lowest BCUT2D eigenvalue weighted by Crippen LogP contribution is -2.67. The van der Waals surface area contributed by atoms with Gasteiger partial charge in [0.1, 0.15) is 19.2 Å². The summed E-state index contributed by atoms with van der Waals surface area (Å²) in [7, 11) is 0. The number of nitrogens with zero attached hydrogens (tertiary/aromatic N) is 1. The monoisotopic (exact) mass is 535 g/mol. The Morgan fingerprint density at radius 3 is 2.57 bits per heavy atom. The molecule has 4 rings (SSSR count). The molecular formula is C26H36ClN4O6+. The van der Waals surface area contributed by atoms with Crippen LogP contribution in [-0.4, -0.2) is 60.4 Å². The third kappa shape index (κ3) is 6.42. The predicted molar refractivity (Wildman–Crippen MR) is 136 cm³/mol. The summed E-state index contributed by atoms with van der Waals surface area (Å²) in [4.78, 5) is 50.4. The van der Waals surface area contributed by atoms with Gasteiger partial charge in [0.15, 0.2) is 0 Å². The number of carbonyl (C=O) groups is 4. The van der Waals surface area contributed by atoms with Gasteiger partial charge in [-0.05, 0) is 43.9 Å². The van der Waals surface area contributed by atoms with Gasteiger partial charge in [-0.1, -0.05) is 30.9 Å². The Hall–Kier alpha value is -2.69. The van der Waals surface area contributed by atoms with Crippen LogP contribution >= 0.6 is 11.6 Å². The smallest absolute Gasteiger partial charge is 0.439 e. The number of likely N-dealkylation sites (tertiary alicyclic amines) is 1. The SMILES string of the molecule is CCO[C@H]1CC(=O)O[C@H]1NC(=O)[N@@+]1(NC(=O)c2ccc(NC(C)=O)cc2Cl)CC[C@@H](C2CCCCC2)C1. The summed E-state index contributed by atoms with van der Waals surface area (Å²) in [6.07, 6.45) is 5.23. The minimum absolute atomic E-state index is 0.0616. The number of hydrogen-bond donors (Lipinski definition) is 3. The molecule has 202 valence electrons. The van der Waals surface area contributed by atoms with Crippen LogP contribution in [-0.2, 0) is 19.1 Å². The molecule has 1 aromatic rings. The van der Waals surface area contributed by atoms with Crippen molar-refractivity contribution < 1.29 is 33.2 Å². The van der Waals surface area contributed by atoms with Gasteiger partial charge in [-0.3, -0.25) is 19.7 Å². The molecule has 0 radical (unpaired) electrons. The van der Waals surface area contributed by atoms with Crippen LogP contribution in [0.4, 0.5) is 10.5 Å². The van der Waals surface area contributed by atoms with Gasteiger partial charge in [-0.25, -0.2) is 4.79 Å². The van der Waals surface area contributed by atoms with E-state index in [0.29, 0.717) is 31.3 Å². The molecule has 3 fully saturated rings. The van der Waals surface area contributed by atoms with E-state index in [0.717, 1.165) is 19.3 Å². The molecule has 37 heavy (non-hydrogen) atoms. The quantitative estimate of drug-likeness (QED) is 0.376.